The first-order chi connectivity index (χ1) is 18.0. The number of nitrogens with zero attached hydrogens (tertiary/aromatic N) is 6. The minimum atomic E-state index is 0.534. The first kappa shape index (κ1) is 24.9. The van der Waals surface area contributed by atoms with Gasteiger partial charge in [0.2, 0.25) is 5.96 Å². The number of aromatic nitrogens is 1. The molecular weight excluding hydrogens is 480 g/mol. The van der Waals surface area contributed by atoms with Crippen LogP contribution in [0.4, 0.5) is 5.82 Å². The van der Waals surface area contributed by atoms with Crippen molar-refractivity contribution in [3.8, 4) is 0 Å². The van der Waals surface area contributed by atoms with E-state index in [1.807, 2.05) is 18.3 Å². The molecule has 3 aliphatic heterocycles. The van der Waals surface area contributed by atoms with Gasteiger partial charge >= 0.3 is 0 Å². The highest BCUT2D eigenvalue weighted by Crippen LogP contribution is 2.40. The van der Waals surface area contributed by atoms with E-state index in [0.29, 0.717) is 18.1 Å². The lowest BCUT2D eigenvalue weighted by Gasteiger charge is -2.49. The van der Waals surface area contributed by atoms with Crippen LogP contribution in [0, 0.1) is 6.92 Å². The fourth-order valence-corrected chi connectivity index (χ4v) is 6.54. The molecule has 6 rings (SSSR count). The molecule has 1 saturated carbocycles. The molecule has 7 heteroatoms. The molecule has 1 aromatic carbocycles. The Kier molecular flexibility index (Phi) is 6.99. The molecule has 2 aromatic rings. The molecule has 1 atom stereocenters. The Morgan fingerprint density at radius 2 is 1.84 bits per heavy atom. The summed E-state index contributed by atoms with van der Waals surface area (Å²) in [5, 5.41) is 0.858. The summed E-state index contributed by atoms with van der Waals surface area (Å²) in [5.74, 6) is 1.89. The number of likely N-dealkylation sites (tertiary alicyclic amines) is 1. The van der Waals surface area contributed by atoms with Crippen molar-refractivity contribution in [3.05, 3.63) is 64.8 Å². The maximum Gasteiger partial charge on any atom is 0.208 e. The molecular formula is C30H39ClN6. The Labute approximate surface area is 226 Å². The molecule has 0 bridgehead atoms. The average Bonchev–Trinajstić information content (AvgIpc) is 3.76. The summed E-state index contributed by atoms with van der Waals surface area (Å²) in [6.07, 6.45) is 7.93. The standard InChI is InChI=1S/C30H39ClN6/c1-4-24-20-35(30-33-29-27(6-5-13-32-29)22(3)37(30)26-8-9-26)16-17-36(24)25-11-14-34(15-12-25)19-23-7-10-28(31)21(2)18-23/h5-7,10,13,18,24-26H,3-4,8-9,11-12,14-17,19-20H2,1-2H3/t24-/m0/s1. The Morgan fingerprint density at radius 3 is 2.57 bits per heavy atom. The van der Waals surface area contributed by atoms with Gasteiger partial charge in [-0.3, -0.25) is 9.80 Å². The second-order valence-corrected chi connectivity index (χ2v) is 11.6. The van der Waals surface area contributed by atoms with Crippen molar-refractivity contribution in [3.63, 3.8) is 0 Å². The minimum absolute atomic E-state index is 0.534. The largest absolute Gasteiger partial charge is 0.339 e. The molecule has 1 aromatic heterocycles. The zero-order valence-electron chi connectivity index (χ0n) is 22.2. The van der Waals surface area contributed by atoms with Crippen molar-refractivity contribution in [1.82, 2.24) is 24.6 Å². The third-order valence-electron chi connectivity index (χ3n) is 8.66. The van der Waals surface area contributed by atoms with Crippen molar-refractivity contribution in [2.24, 2.45) is 4.99 Å². The molecule has 0 unspecified atom stereocenters. The highest BCUT2D eigenvalue weighted by molar-refractivity contribution is 6.31. The van der Waals surface area contributed by atoms with Crippen LogP contribution >= 0.6 is 11.6 Å². The zero-order chi connectivity index (χ0) is 25.5. The number of piperidine rings is 1. The molecule has 196 valence electrons. The van der Waals surface area contributed by atoms with E-state index >= 15 is 0 Å². The van der Waals surface area contributed by atoms with Crippen molar-refractivity contribution in [2.45, 2.75) is 70.6 Å². The Balaban J connectivity index is 1.11. The molecule has 4 aliphatic rings. The molecule has 0 amide bonds. The number of fused-ring (bicyclic) bond motifs is 1. The van der Waals surface area contributed by atoms with E-state index in [0.717, 1.165) is 73.7 Å². The fourth-order valence-electron chi connectivity index (χ4n) is 6.42. The van der Waals surface area contributed by atoms with Crippen LogP contribution in [0.1, 0.15) is 55.7 Å². The minimum Gasteiger partial charge on any atom is -0.339 e. The predicted octanol–water partition coefficient (Wildman–Crippen LogP) is 5.54. The summed E-state index contributed by atoms with van der Waals surface area (Å²) in [4.78, 5) is 20.0. The van der Waals surface area contributed by atoms with Crippen molar-refractivity contribution < 1.29 is 0 Å². The van der Waals surface area contributed by atoms with E-state index in [-0.39, 0.29) is 0 Å². The van der Waals surface area contributed by atoms with E-state index in [2.05, 4.69) is 63.2 Å². The van der Waals surface area contributed by atoms with Crippen LogP contribution in [-0.2, 0) is 6.54 Å². The molecule has 0 radical (unpaired) electrons. The first-order valence-electron chi connectivity index (χ1n) is 14.0. The number of guanidine groups is 1. The average molecular weight is 519 g/mol. The van der Waals surface area contributed by atoms with Gasteiger partial charge in [-0.1, -0.05) is 37.2 Å². The summed E-state index contributed by atoms with van der Waals surface area (Å²) >= 11 is 6.23. The summed E-state index contributed by atoms with van der Waals surface area (Å²) < 4.78 is 0. The molecule has 2 saturated heterocycles. The number of aliphatic imine (C=N–C) groups is 1. The monoisotopic (exact) mass is 518 g/mol. The van der Waals surface area contributed by atoms with E-state index in [1.165, 1.54) is 36.8 Å². The summed E-state index contributed by atoms with van der Waals surface area (Å²) in [6, 6.07) is 12.3. The van der Waals surface area contributed by atoms with Crippen molar-refractivity contribution >= 4 is 29.1 Å². The number of rotatable bonds is 5. The molecule has 37 heavy (non-hydrogen) atoms. The maximum absolute atomic E-state index is 6.23. The number of hydrogen-bond donors (Lipinski definition) is 0. The van der Waals surface area contributed by atoms with Crippen molar-refractivity contribution in [1.29, 1.82) is 0 Å². The van der Waals surface area contributed by atoms with Gasteiger partial charge in [0, 0.05) is 66.8 Å². The number of pyridine rings is 1. The number of aryl methyl sites for hydroxylation is 1. The van der Waals surface area contributed by atoms with Crippen molar-refractivity contribution in [2.75, 3.05) is 32.7 Å². The molecule has 0 spiro atoms. The van der Waals surface area contributed by atoms with Crippen LogP contribution in [-0.4, -0.2) is 81.4 Å². The summed E-state index contributed by atoms with van der Waals surface area (Å²) in [6.45, 7) is 15.4. The summed E-state index contributed by atoms with van der Waals surface area (Å²) in [7, 11) is 0. The lowest BCUT2D eigenvalue weighted by Crippen LogP contribution is -2.61. The Hall–Kier alpha value is -2.41. The maximum atomic E-state index is 6.23. The smallest absolute Gasteiger partial charge is 0.208 e. The van der Waals surface area contributed by atoms with Gasteiger partial charge in [0.1, 0.15) is 0 Å². The van der Waals surface area contributed by atoms with Crippen LogP contribution in [0.2, 0.25) is 5.02 Å². The van der Waals surface area contributed by atoms with Gasteiger partial charge in [0.25, 0.3) is 0 Å². The van der Waals surface area contributed by atoms with E-state index in [1.54, 1.807) is 0 Å². The molecule has 3 fully saturated rings. The molecule has 1 aliphatic carbocycles. The van der Waals surface area contributed by atoms with Crippen LogP contribution in [0.25, 0.3) is 5.70 Å². The van der Waals surface area contributed by atoms with Gasteiger partial charge in [0.05, 0.1) is 0 Å². The second-order valence-electron chi connectivity index (χ2n) is 11.2. The predicted molar refractivity (Wildman–Crippen MR) is 152 cm³/mol. The normalized spacial score (nSPS) is 23.8. The topological polar surface area (TPSA) is 38.2 Å². The van der Waals surface area contributed by atoms with Gasteiger partial charge in [0.15, 0.2) is 5.82 Å². The third kappa shape index (κ3) is 5.04. The Morgan fingerprint density at radius 1 is 1.03 bits per heavy atom. The lowest BCUT2D eigenvalue weighted by atomic mass is 9.97. The Bertz CT molecular complexity index is 1180. The molecule has 0 N–H and O–H groups in total. The van der Waals surface area contributed by atoms with Gasteiger partial charge in [-0.05, 0) is 81.4 Å². The van der Waals surface area contributed by atoms with Crippen LogP contribution in [0.15, 0.2) is 48.1 Å². The van der Waals surface area contributed by atoms with Gasteiger partial charge in [-0.2, -0.15) is 4.99 Å². The number of benzene rings is 1. The third-order valence-corrected chi connectivity index (χ3v) is 9.08. The van der Waals surface area contributed by atoms with Crippen LogP contribution in [0.3, 0.4) is 0 Å². The van der Waals surface area contributed by atoms with E-state index in [9.17, 15) is 0 Å². The number of piperazine rings is 1. The summed E-state index contributed by atoms with van der Waals surface area (Å²) in [5.41, 5.74) is 4.67. The first-order valence-corrected chi connectivity index (χ1v) is 14.4. The van der Waals surface area contributed by atoms with Crippen LogP contribution in [0.5, 0.6) is 0 Å². The zero-order valence-corrected chi connectivity index (χ0v) is 23.0. The number of halogens is 1. The van der Waals surface area contributed by atoms with Gasteiger partial charge in [-0.15, -0.1) is 0 Å². The fraction of sp³-hybridized carbons (Fsp3) is 0.533. The second kappa shape index (κ2) is 10.4. The molecule has 4 heterocycles. The quantitative estimate of drug-likeness (QED) is 0.519. The highest BCUT2D eigenvalue weighted by Gasteiger charge is 2.41. The SMILES string of the molecule is C=C1c2cccnc2N=C(N2CCN(C3CCN(Cc4ccc(Cl)c(C)c4)CC3)[C@@H](CC)C2)N1C1CC1. The van der Waals surface area contributed by atoms with Gasteiger partial charge in [-0.25, -0.2) is 4.98 Å². The lowest BCUT2D eigenvalue weighted by molar-refractivity contribution is 0.0290. The highest BCUT2D eigenvalue weighted by atomic mass is 35.5. The van der Waals surface area contributed by atoms with E-state index < -0.39 is 0 Å². The van der Waals surface area contributed by atoms with Crippen LogP contribution < -0.4 is 0 Å². The number of hydrogen-bond acceptors (Lipinski definition) is 6. The van der Waals surface area contributed by atoms with E-state index in [4.69, 9.17) is 16.6 Å². The molecule has 6 nitrogen and oxygen atoms in total. The van der Waals surface area contributed by atoms with Gasteiger partial charge < -0.3 is 9.80 Å².